The number of azo groups is 1. The van der Waals surface area contributed by atoms with Crippen LogP contribution in [-0.2, 0) is 19.1 Å². The molecule has 0 aliphatic rings. The van der Waals surface area contributed by atoms with E-state index in [9.17, 15) is 25.0 Å². The first-order valence-corrected chi connectivity index (χ1v) is 12.1. The lowest BCUT2D eigenvalue weighted by molar-refractivity contribution is -0.384. The van der Waals surface area contributed by atoms with Gasteiger partial charge in [-0.15, -0.1) is 5.11 Å². The molecule has 37 heavy (non-hydrogen) atoms. The second kappa shape index (κ2) is 14.9. The van der Waals surface area contributed by atoms with Crippen LogP contribution in [0.25, 0.3) is 0 Å². The van der Waals surface area contributed by atoms with Gasteiger partial charge in [-0.1, -0.05) is 0 Å². The summed E-state index contributed by atoms with van der Waals surface area (Å²) in [5.41, 5.74) is 2.39. The molecule has 2 aromatic carbocycles. The molecular weight excluding hydrogens is 478 g/mol. The number of benzene rings is 2. The number of anilines is 1. The van der Waals surface area contributed by atoms with Gasteiger partial charge in [0, 0.05) is 43.8 Å². The van der Waals surface area contributed by atoms with Crippen molar-refractivity contribution in [2.75, 3.05) is 31.2 Å². The van der Waals surface area contributed by atoms with Gasteiger partial charge in [0.25, 0.3) is 5.69 Å². The van der Waals surface area contributed by atoms with E-state index in [1.165, 1.54) is 12.1 Å². The Balaban J connectivity index is 2.17. The van der Waals surface area contributed by atoms with E-state index < -0.39 is 4.92 Å². The molecule has 0 aliphatic carbocycles. The number of nitriles is 1. The third kappa shape index (κ3) is 9.33. The minimum absolute atomic E-state index is 0.0570. The van der Waals surface area contributed by atoms with Crippen molar-refractivity contribution in [1.82, 2.24) is 0 Å². The molecule has 0 N–H and O–H groups in total. The summed E-state index contributed by atoms with van der Waals surface area (Å²) in [5.74, 6) is -0.493. The van der Waals surface area contributed by atoms with Gasteiger partial charge in [-0.3, -0.25) is 19.7 Å². The van der Waals surface area contributed by atoms with Gasteiger partial charge in [0.15, 0.2) is 0 Å². The first kappa shape index (κ1) is 28.9. The zero-order valence-electron chi connectivity index (χ0n) is 21.3. The Morgan fingerprint density at radius 2 is 1.54 bits per heavy atom. The molecule has 0 unspecified atom stereocenters. The molecule has 0 aliphatic heterocycles. The molecule has 11 heteroatoms. The standard InChI is InChI=1S/C26H31N5O6/c1-4-36-25(32)8-6-14-30(15-7-9-26(33)37-5-2)21-10-12-23(19(3)16-21)28-29-24-13-11-22(31(34)35)17-20(24)18-27/h10-13,16-17H,4-9,14-15H2,1-3H3. The van der Waals surface area contributed by atoms with Crippen molar-refractivity contribution in [2.24, 2.45) is 10.2 Å². The average Bonchev–Trinajstić information content (AvgIpc) is 2.87. The molecule has 11 nitrogen and oxygen atoms in total. The highest BCUT2D eigenvalue weighted by Gasteiger charge is 2.13. The van der Waals surface area contributed by atoms with Gasteiger partial charge < -0.3 is 14.4 Å². The molecule has 196 valence electrons. The summed E-state index contributed by atoms with van der Waals surface area (Å²) >= 11 is 0. The van der Waals surface area contributed by atoms with Crippen LogP contribution < -0.4 is 4.90 Å². The quantitative estimate of drug-likeness (QED) is 0.137. The van der Waals surface area contributed by atoms with E-state index >= 15 is 0 Å². The summed E-state index contributed by atoms with van der Waals surface area (Å²) in [7, 11) is 0. The van der Waals surface area contributed by atoms with Crippen molar-refractivity contribution in [3.63, 3.8) is 0 Å². The van der Waals surface area contributed by atoms with Gasteiger partial charge in [0.2, 0.25) is 0 Å². The van der Waals surface area contributed by atoms with Gasteiger partial charge in [-0.05, 0) is 63.4 Å². The fourth-order valence-electron chi connectivity index (χ4n) is 3.54. The van der Waals surface area contributed by atoms with Gasteiger partial charge >= 0.3 is 11.9 Å². The number of nitro benzene ring substituents is 1. The Labute approximate surface area is 215 Å². The van der Waals surface area contributed by atoms with Crippen LogP contribution in [0, 0.1) is 28.4 Å². The van der Waals surface area contributed by atoms with Crippen LogP contribution in [0.5, 0.6) is 0 Å². The van der Waals surface area contributed by atoms with Crippen LogP contribution in [-0.4, -0.2) is 43.2 Å². The lowest BCUT2D eigenvalue weighted by Gasteiger charge is -2.25. The highest BCUT2D eigenvalue weighted by atomic mass is 16.6. The Bertz CT molecular complexity index is 1150. The third-order valence-corrected chi connectivity index (χ3v) is 5.35. The molecule has 0 amide bonds. The largest absolute Gasteiger partial charge is 0.466 e. The maximum Gasteiger partial charge on any atom is 0.305 e. The molecule has 0 fully saturated rings. The zero-order valence-corrected chi connectivity index (χ0v) is 21.3. The summed E-state index contributed by atoms with van der Waals surface area (Å²) in [5, 5.41) is 28.6. The number of carbonyl (C=O) groups excluding carboxylic acids is 2. The number of rotatable bonds is 14. The number of carbonyl (C=O) groups is 2. The molecule has 0 heterocycles. The predicted molar refractivity (Wildman–Crippen MR) is 137 cm³/mol. The van der Waals surface area contributed by atoms with Crippen LogP contribution in [0.3, 0.4) is 0 Å². The minimum atomic E-state index is -0.574. The smallest absolute Gasteiger partial charge is 0.305 e. The fraction of sp³-hybridized carbons (Fsp3) is 0.423. The summed E-state index contributed by atoms with van der Waals surface area (Å²) in [6.07, 6.45) is 1.78. The molecule has 0 bridgehead atoms. The Kier molecular flexibility index (Phi) is 11.7. The van der Waals surface area contributed by atoms with Crippen molar-refractivity contribution in [1.29, 1.82) is 5.26 Å². The molecule has 0 aromatic heterocycles. The molecule has 0 saturated heterocycles. The summed E-state index contributed by atoms with van der Waals surface area (Å²) in [6, 6.07) is 11.3. The van der Waals surface area contributed by atoms with E-state index in [4.69, 9.17) is 9.47 Å². The highest BCUT2D eigenvalue weighted by molar-refractivity contribution is 5.70. The predicted octanol–water partition coefficient (Wildman–Crippen LogP) is 5.68. The van der Waals surface area contributed by atoms with Crippen molar-refractivity contribution >= 4 is 34.7 Å². The van der Waals surface area contributed by atoms with E-state index in [0.29, 0.717) is 57.7 Å². The number of esters is 2. The lowest BCUT2D eigenvalue weighted by Crippen LogP contribution is -2.27. The number of aryl methyl sites for hydroxylation is 1. The second-order valence-corrected chi connectivity index (χ2v) is 8.05. The normalized spacial score (nSPS) is 10.6. The maximum atomic E-state index is 11.7. The van der Waals surface area contributed by atoms with Crippen molar-refractivity contribution in [3.8, 4) is 6.07 Å². The highest BCUT2D eigenvalue weighted by Crippen LogP contribution is 2.29. The van der Waals surface area contributed by atoms with Gasteiger partial charge in [0.1, 0.15) is 11.8 Å². The van der Waals surface area contributed by atoms with Gasteiger partial charge in [-0.25, -0.2) is 0 Å². The first-order valence-electron chi connectivity index (χ1n) is 12.1. The minimum Gasteiger partial charge on any atom is -0.466 e. The summed E-state index contributed by atoms with van der Waals surface area (Å²) in [4.78, 5) is 35.9. The number of hydrogen-bond acceptors (Lipinski definition) is 10. The molecule has 0 saturated carbocycles. The molecular formula is C26H31N5O6. The average molecular weight is 510 g/mol. The Morgan fingerprint density at radius 3 is 2.05 bits per heavy atom. The Hall–Kier alpha value is -4.33. The third-order valence-electron chi connectivity index (χ3n) is 5.35. The molecule has 2 rings (SSSR count). The number of nitrogens with zero attached hydrogens (tertiary/aromatic N) is 5. The van der Waals surface area contributed by atoms with E-state index in [-0.39, 0.29) is 28.9 Å². The molecule has 0 spiro atoms. The van der Waals surface area contributed by atoms with Crippen LogP contribution in [0.4, 0.5) is 22.7 Å². The van der Waals surface area contributed by atoms with Gasteiger partial charge in [-0.2, -0.15) is 10.4 Å². The molecule has 0 radical (unpaired) electrons. The monoisotopic (exact) mass is 509 g/mol. The van der Waals surface area contributed by atoms with E-state index in [2.05, 4.69) is 15.1 Å². The van der Waals surface area contributed by atoms with Crippen molar-refractivity contribution < 1.29 is 24.0 Å². The van der Waals surface area contributed by atoms with E-state index in [1.807, 2.05) is 25.1 Å². The number of non-ortho nitro benzene ring substituents is 1. The second-order valence-electron chi connectivity index (χ2n) is 8.05. The van der Waals surface area contributed by atoms with Crippen molar-refractivity contribution in [2.45, 2.75) is 46.5 Å². The summed E-state index contributed by atoms with van der Waals surface area (Å²) < 4.78 is 10.0. The van der Waals surface area contributed by atoms with Crippen molar-refractivity contribution in [3.05, 3.63) is 57.6 Å². The first-order chi connectivity index (χ1) is 17.8. The van der Waals surface area contributed by atoms with E-state index in [1.54, 1.807) is 19.9 Å². The molecule has 0 atom stereocenters. The van der Waals surface area contributed by atoms with Crippen LogP contribution >= 0.6 is 0 Å². The lowest BCUT2D eigenvalue weighted by atomic mass is 10.1. The van der Waals surface area contributed by atoms with Crippen LogP contribution in [0.15, 0.2) is 46.6 Å². The number of ether oxygens (including phenoxy) is 2. The maximum absolute atomic E-state index is 11.7. The van der Waals surface area contributed by atoms with Crippen LogP contribution in [0.2, 0.25) is 0 Å². The fourth-order valence-corrected chi connectivity index (χ4v) is 3.54. The number of nitro groups is 1. The van der Waals surface area contributed by atoms with Gasteiger partial charge in [0.05, 0.1) is 29.4 Å². The SMILES string of the molecule is CCOC(=O)CCCN(CCCC(=O)OCC)c1ccc(N=Nc2ccc([N+](=O)[O-])cc2C#N)c(C)c1. The topological polar surface area (TPSA) is 147 Å². The summed E-state index contributed by atoms with van der Waals surface area (Å²) in [6.45, 7) is 7.27. The molecule has 2 aromatic rings. The number of hydrogen-bond donors (Lipinski definition) is 0. The Morgan fingerprint density at radius 1 is 0.973 bits per heavy atom. The zero-order chi connectivity index (χ0) is 27.2. The van der Waals surface area contributed by atoms with E-state index in [0.717, 1.165) is 17.3 Å². The van der Waals surface area contributed by atoms with Crippen LogP contribution in [0.1, 0.15) is 50.7 Å².